The van der Waals surface area contributed by atoms with Gasteiger partial charge in [-0.05, 0) is 48.1 Å². The van der Waals surface area contributed by atoms with E-state index >= 15 is 0 Å². The molecular formula is C25H18N2O3. The second-order valence-corrected chi connectivity index (χ2v) is 8.89. The Bertz CT molecular complexity index is 1380. The van der Waals surface area contributed by atoms with Crippen molar-refractivity contribution in [1.29, 1.82) is 0 Å². The van der Waals surface area contributed by atoms with E-state index in [1.807, 2.05) is 42.5 Å². The highest BCUT2D eigenvalue weighted by Crippen LogP contribution is 2.66. The Morgan fingerprint density at radius 2 is 1.93 bits per heavy atom. The van der Waals surface area contributed by atoms with Gasteiger partial charge in [-0.15, -0.1) is 0 Å². The molecule has 1 spiro atoms. The molecular weight excluding hydrogens is 376 g/mol. The van der Waals surface area contributed by atoms with E-state index < -0.39 is 0 Å². The van der Waals surface area contributed by atoms with Gasteiger partial charge in [-0.1, -0.05) is 24.3 Å². The van der Waals surface area contributed by atoms with Crippen LogP contribution in [0.3, 0.4) is 0 Å². The van der Waals surface area contributed by atoms with Gasteiger partial charge in [0.1, 0.15) is 5.69 Å². The van der Waals surface area contributed by atoms with Gasteiger partial charge in [-0.25, -0.2) is 0 Å². The topological polar surface area (TPSA) is 70.2 Å². The number of Topliss-reactive ketones (excluding diaryl/α,β-unsaturated/α-hetero) is 1. The van der Waals surface area contributed by atoms with Gasteiger partial charge in [0.2, 0.25) is 0 Å². The molecule has 0 bridgehead atoms. The smallest absolute Gasteiger partial charge is 0.274 e. The van der Waals surface area contributed by atoms with Crippen LogP contribution in [-0.4, -0.2) is 33.9 Å². The molecule has 1 amide bonds. The number of H-pyrrole nitrogens is 1. The molecule has 2 aromatic carbocycles. The van der Waals surface area contributed by atoms with Crippen LogP contribution < -0.4 is 0 Å². The van der Waals surface area contributed by atoms with Gasteiger partial charge in [-0.2, -0.15) is 0 Å². The van der Waals surface area contributed by atoms with Crippen LogP contribution in [0, 0.1) is 5.92 Å². The standard InChI is InChI=1S/C25H18N2O3/c28-21-8-6-14-15(21)5-7-19-17(14)9-20(26-19)24(30)27-12-13-11-25(13)18-4-2-1-3-16(18)22(29)10-23(25)27/h1-5,7,9-10,13,26H,6,8,11-12H2/t13-,25?/m1/s1. The van der Waals surface area contributed by atoms with E-state index in [0.717, 1.165) is 51.7 Å². The Kier molecular flexibility index (Phi) is 2.81. The molecule has 5 heteroatoms. The molecule has 1 N–H and O–H groups in total. The summed E-state index contributed by atoms with van der Waals surface area (Å²) >= 11 is 0. The van der Waals surface area contributed by atoms with Crippen molar-refractivity contribution in [3.05, 3.63) is 82.2 Å². The predicted octanol–water partition coefficient (Wildman–Crippen LogP) is 3.79. The third-order valence-corrected chi connectivity index (χ3v) is 7.49. The van der Waals surface area contributed by atoms with E-state index in [1.165, 1.54) is 0 Å². The summed E-state index contributed by atoms with van der Waals surface area (Å²) in [4.78, 5) is 43.3. The highest BCUT2D eigenvalue weighted by atomic mass is 16.2. The Morgan fingerprint density at radius 3 is 2.83 bits per heavy atom. The molecule has 2 atom stereocenters. The normalized spacial score (nSPS) is 25.7. The van der Waals surface area contributed by atoms with Crippen LogP contribution >= 0.6 is 0 Å². The van der Waals surface area contributed by atoms with Gasteiger partial charge in [-0.3, -0.25) is 14.4 Å². The van der Waals surface area contributed by atoms with Crippen LogP contribution in [0.5, 0.6) is 0 Å². The lowest BCUT2D eigenvalue weighted by atomic mass is 9.81. The minimum absolute atomic E-state index is 0.0236. The van der Waals surface area contributed by atoms with E-state index in [0.29, 0.717) is 24.6 Å². The third-order valence-electron chi connectivity index (χ3n) is 7.49. The van der Waals surface area contributed by atoms with Crippen molar-refractivity contribution < 1.29 is 14.4 Å². The summed E-state index contributed by atoms with van der Waals surface area (Å²) in [6.07, 6.45) is 3.93. The first kappa shape index (κ1) is 16.3. The number of hydrogen-bond donors (Lipinski definition) is 1. The van der Waals surface area contributed by atoms with Crippen molar-refractivity contribution in [2.45, 2.75) is 24.7 Å². The van der Waals surface area contributed by atoms with E-state index in [2.05, 4.69) is 4.98 Å². The molecule has 1 saturated carbocycles. The number of nitrogens with one attached hydrogen (secondary N) is 1. The Balaban J connectivity index is 1.31. The summed E-state index contributed by atoms with van der Waals surface area (Å²) < 4.78 is 0. The van der Waals surface area contributed by atoms with Crippen LogP contribution in [0.2, 0.25) is 0 Å². The number of benzene rings is 2. The van der Waals surface area contributed by atoms with Crippen LogP contribution in [-0.2, 0) is 11.8 Å². The average molecular weight is 394 g/mol. The summed E-state index contributed by atoms with van der Waals surface area (Å²) in [5, 5.41) is 0.958. The SMILES string of the molecule is O=C1C=C2N(C(=O)c3cc4c5c(ccc4[nH]3)C(=O)CC5)C[C@H]3CC23c2ccccc21. The second kappa shape index (κ2) is 5.17. The highest BCUT2D eigenvalue weighted by molar-refractivity contribution is 6.11. The molecule has 3 aliphatic carbocycles. The molecule has 30 heavy (non-hydrogen) atoms. The summed E-state index contributed by atoms with van der Waals surface area (Å²) in [7, 11) is 0. The van der Waals surface area contributed by atoms with E-state index in [4.69, 9.17) is 0 Å². The number of allylic oxidation sites excluding steroid dienone is 2. The average Bonchev–Trinajstić information content (AvgIpc) is 3.06. The summed E-state index contributed by atoms with van der Waals surface area (Å²) in [6.45, 7) is 0.637. The van der Waals surface area contributed by atoms with Crippen molar-refractivity contribution >= 4 is 28.4 Å². The van der Waals surface area contributed by atoms with Crippen molar-refractivity contribution in [1.82, 2.24) is 9.88 Å². The zero-order chi connectivity index (χ0) is 20.2. The van der Waals surface area contributed by atoms with Gasteiger partial charge < -0.3 is 9.88 Å². The first-order valence-corrected chi connectivity index (χ1v) is 10.4. The number of ketones is 2. The minimum atomic E-state index is -0.181. The maximum atomic E-state index is 13.5. The molecule has 1 unspecified atom stereocenters. The van der Waals surface area contributed by atoms with Gasteiger partial charge in [0.05, 0.1) is 0 Å². The first-order valence-electron chi connectivity index (χ1n) is 10.4. The molecule has 2 fully saturated rings. The molecule has 7 rings (SSSR count). The molecule has 1 aliphatic heterocycles. The molecule has 146 valence electrons. The van der Waals surface area contributed by atoms with E-state index in [9.17, 15) is 14.4 Å². The van der Waals surface area contributed by atoms with Crippen molar-refractivity contribution in [2.75, 3.05) is 6.54 Å². The molecule has 3 aromatic rings. The lowest BCUT2D eigenvalue weighted by Crippen LogP contribution is -2.33. The van der Waals surface area contributed by atoms with Gasteiger partial charge >= 0.3 is 0 Å². The van der Waals surface area contributed by atoms with Crippen LogP contribution in [0.4, 0.5) is 0 Å². The van der Waals surface area contributed by atoms with Crippen molar-refractivity contribution in [2.24, 2.45) is 5.92 Å². The molecule has 1 aromatic heterocycles. The van der Waals surface area contributed by atoms with Crippen molar-refractivity contribution in [3.63, 3.8) is 0 Å². The fraction of sp³-hybridized carbons (Fsp3) is 0.240. The number of aryl methyl sites for hydroxylation is 1. The number of carbonyl (C=O) groups is 3. The number of rotatable bonds is 1. The molecule has 2 heterocycles. The van der Waals surface area contributed by atoms with Crippen molar-refractivity contribution in [3.8, 4) is 0 Å². The summed E-state index contributed by atoms with van der Waals surface area (Å²) in [6, 6.07) is 13.4. The Morgan fingerprint density at radius 1 is 1.07 bits per heavy atom. The summed E-state index contributed by atoms with van der Waals surface area (Å²) in [5.74, 6) is 0.416. The predicted molar refractivity (Wildman–Crippen MR) is 111 cm³/mol. The fourth-order valence-electron chi connectivity index (χ4n) is 6.01. The number of likely N-dealkylation sites (tertiary alicyclic amines) is 1. The Labute approximate surface area is 172 Å². The Hall–Kier alpha value is -3.47. The van der Waals surface area contributed by atoms with E-state index in [-0.39, 0.29) is 22.9 Å². The molecule has 1 saturated heterocycles. The minimum Gasteiger partial charge on any atom is -0.351 e. The van der Waals surface area contributed by atoms with Crippen LogP contribution in [0.25, 0.3) is 10.9 Å². The van der Waals surface area contributed by atoms with E-state index in [1.54, 1.807) is 11.0 Å². The quantitative estimate of drug-likeness (QED) is 0.683. The van der Waals surface area contributed by atoms with Gasteiger partial charge in [0, 0.05) is 52.2 Å². The van der Waals surface area contributed by atoms with Gasteiger partial charge in [0.25, 0.3) is 5.91 Å². The number of aromatic amines is 1. The lowest BCUT2D eigenvalue weighted by molar-refractivity contribution is 0.0806. The molecule has 4 aliphatic rings. The zero-order valence-electron chi connectivity index (χ0n) is 16.2. The number of nitrogens with zero attached hydrogens (tertiary/aromatic N) is 1. The van der Waals surface area contributed by atoms with Gasteiger partial charge in [0.15, 0.2) is 11.6 Å². The van der Waals surface area contributed by atoms with Crippen LogP contribution in [0.15, 0.2) is 54.2 Å². The molecule has 5 nitrogen and oxygen atoms in total. The number of amides is 1. The third kappa shape index (κ3) is 1.81. The number of hydrogen-bond acceptors (Lipinski definition) is 3. The molecule has 0 radical (unpaired) electrons. The number of fused-ring (bicyclic) bond motifs is 4. The zero-order valence-corrected chi connectivity index (χ0v) is 16.2. The largest absolute Gasteiger partial charge is 0.351 e. The number of carbonyl (C=O) groups excluding carboxylic acids is 3. The fourth-order valence-corrected chi connectivity index (χ4v) is 6.01. The maximum absolute atomic E-state index is 13.5. The number of piperidine rings is 1. The maximum Gasteiger partial charge on any atom is 0.274 e. The highest BCUT2D eigenvalue weighted by Gasteiger charge is 2.67. The summed E-state index contributed by atoms with van der Waals surface area (Å²) in [5.41, 5.74) is 5.71. The van der Waals surface area contributed by atoms with Crippen LogP contribution in [0.1, 0.15) is 55.2 Å². The second-order valence-electron chi connectivity index (χ2n) is 8.89. The lowest BCUT2D eigenvalue weighted by Gasteiger charge is -2.29. The number of aromatic nitrogens is 1. The first-order chi connectivity index (χ1) is 14.6. The monoisotopic (exact) mass is 394 g/mol.